The lowest BCUT2D eigenvalue weighted by Gasteiger charge is -2.34. The summed E-state index contributed by atoms with van der Waals surface area (Å²) in [5, 5.41) is 0. The molecule has 3 amide bonds. The van der Waals surface area contributed by atoms with Gasteiger partial charge in [-0.25, -0.2) is 4.90 Å². The standard InChI is InChI=1S/C23H19N3O5/c24-21(27)20-18-17(19-14-4-2-1-3-12(14)7-8-25(19)20)22(28)26(23(18)29)13-5-6-15-16(11-13)31-10-9-30-15/h1-8,11,17-20H,9-10H2,(H2,24,27)/t17-,18-,19-,20+/m0/s1. The van der Waals surface area contributed by atoms with E-state index >= 15 is 0 Å². The molecule has 0 spiro atoms. The molecule has 0 aromatic heterocycles. The van der Waals surface area contributed by atoms with Crippen LogP contribution in [0.2, 0.25) is 0 Å². The van der Waals surface area contributed by atoms with Crippen molar-refractivity contribution in [2.45, 2.75) is 12.1 Å². The molecule has 0 saturated carbocycles. The number of nitrogens with zero attached hydrogens (tertiary/aromatic N) is 2. The molecule has 0 aliphatic carbocycles. The molecule has 8 heteroatoms. The summed E-state index contributed by atoms with van der Waals surface area (Å²) in [6.07, 6.45) is 3.66. The summed E-state index contributed by atoms with van der Waals surface area (Å²) >= 11 is 0. The number of anilines is 1. The first-order valence-corrected chi connectivity index (χ1v) is 10.2. The van der Waals surface area contributed by atoms with Crippen LogP contribution < -0.4 is 20.1 Å². The molecule has 4 heterocycles. The van der Waals surface area contributed by atoms with Crippen LogP contribution in [0, 0.1) is 11.8 Å². The number of carbonyl (C=O) groups excluding carboxylic acids is 3. The summed E-state index contributed by atoms with van der Waals surface area (Å²) in [6.45, 7) is 0.844. The second kappa shape index (κ2) is 6.34. The van der Waals surface area contributed by atoms with E-state index in [0.717, 1.165) is 11.1 Å². The predicted molar refractivity (Wildman–Crippen MR) is 110 cm³/mol. The van der Waals surface area contributed by atoms with Gasteiger partial charge in [0.25, 0.3) is 0 Å². The molecule has 4 aliphatic rings. The maximum atomic E-state index is 13.6. The molecule has 2 N–H and O–H groups in total. The average molecular weight is 417 g/mol. The lowest BCUT2D eigenvalue weighted by Crippen LogP contribution is -2.46. The number of hydrogen-bond donors (Lipinski definition) is 1. The van der Waals surface area contributed by atoms with Crippen molar-refractivity contribution in [2.24, 2.45) is 17.6 Å². The van der Waals surface area contributed by atoms with E-state index in [9.17, 15) is 14.4 Å². The van der Waals surface area contributed by atoms with E-state index < -0.39 is 35.7 Å². The highest BCUT2D eigenvalue weighted by Gasteiger charge is 2.64. The molecule has 156 valence electrons. The molecule has 4 aliphatic heterocycles. The van der Waals surface area contributed by atoms with E-state index in [2.05, 4.69) is 0 Å². The van der Waals surface area contributed by atoms with Crippen LogP contribution in [0.1, 0.15) is 17.2 Å². The fourth-order valence-electron chi connectivity index (χ4n) is 5.31. The van der Waals surface area contributed by atoms with Gasteiger partial charge in [-0.3, -0.25) is 14.4 Å². The van der Waals surface area contributed by atoms with Gasteiger partial charge in [0.1, 0.15) is 19.3 Å². The minimum atomic E-state index is -0.890. The van der Waals surface area contributed by atoms with Gasteiger partial charge in [0.2, 0.25) is 17.7 Å². The van der Waals surface area contributed by atoms with E-state index in [-0.39, 0.29) is 5.91 Å². The van der Waals surface area contributed by atoms with Crippen molar-refractivity contribution in [2.75, 3.05) is 18.1 Å². The number of rotatable bonds is 2. The number of nitrogens with two attached hydrogens (primary N) is 1. The zero-order valence-electron chi connectivity index (χ0n) is 16.4. The van der Waals surface area contributed by atoms with Crippen LogP contribution in [0.4, 0.5) is 5.69 Å². The average Bonchev–Trinajstić information content (AvgIpc) is 3.26. The van der Waals surface area contributed by atoms with E-state index in [1.54, 1.807) is 29.3 Å². The first kappa shape index (κ1) is 18.0. The normalized spacial score (nSPS) is 27.7. The van der Waals surface area contributed by atoms with Crippen molar-refractivity contribution in [1.82, 2.24) is 4.90 Å². The first-order valence-electron chi connectivity index (χ1n) is 10.2. The van der Waals surface area contributed by atoms with Crippen LogP contribution >= 0.6 is 0 Å². The van der Waals surface area contributed by atoms with Crippen LogP contribution in [0.15, 0.2) is 48.7 Å². The third-order valence-corrected chi connectivity index (χ3v) is 6.54. The van der Waals surface area contributed by atoms with Gasteiger partial charge < -0.3 is 20.1 Å². The maximum absolute atomic E-state index is 13.6. The Balaban J connectivity index is 1.46. The van der Waals surface area contributed by atoms with Crippen molar-refractivity contribution in [1.29, 1.82) is 0 Å². The molecular formula is C23H19N3O5. The number of primary amides is 1. The summed E-state index contributed by atoms with van der Waals surface area (Å²) in [6, 6.07) is 11.4. The summed E-state index contributed by atoms with van der Waals surface area (Å²) in [5.74, 6) is -1.87. The minimum absolute atomic E-state index is 0.337. The van der Waals surface area contributed by atoms with Gasteiger partial charge >= 0.3 is 0 Å². The Morgan fingerprint density at radius 1 is 0.968 bits per heavy atom. The zero-order valence-corrected chi connectivity index (χ0v) is 16.4. The Morgan fingerprint density at radius 3 is 2.52 bits per heavy atom. The van der Waals surface area contributed by atoms with Crippen molar-refractivity contribution in [3.05, 3.63) is 59.8 Å². The van der Waals surface area contributed by atoms with E-state index in [1.807, 2.05) is 30.3 Å². The molecule has 2 aromatic carbocycles. The fraction of sp³-hybridized carbons (Fsp3) is 0.261. The number of amides is 3. The monoisotopic (exact) mass is 417 g/mol. The number of imide groups is 1. The Labute approximate surface area is 177 Å². The minimum Gasteiger partial charge on any atom is -0.486 e. The van der Waals surface area contributed by atoms with Crippen LogP contribution in [-0.2, 0) is 14.4 Å². The molecule has 0 bridgehead atoms. The lowest BCUT2D eigenvalue weighted by molar-refractivity contribution is -0.129. The zero-order chi connectivity index (χ0) is 21.3. The molecule has 2 fully saturated rings. The van der Waals surface area contributed by atoms with Crippen LogP contribution in [0.5, 0.6) is 11.5 Å². The largest absolute Gasteiger partial charge is 0.486 e. The fourth-order valence-corrected chi connectivity index (χ4v) is 5.31. The third-order valence-electron chi connectivity index (χ3n) is 6.54. The Morgan fingerprint density at radius 2 is 1.71 bits per heavy atom. The lowest BCUT2D eigenvalue weighted by atomic mass is 9.84. The number of benzene rings is 2. The third kappa shape index (κ3) is 2.38. The van der Waals surface area contributed by atoms with Gasteiger partial charge in [0.15, 0.2) is 11.5 Å². The van der Waals surface area contributed by atoms with Gasteiger partial charge in [0.05, 0.1) is 23.6 Å². The van der Waals surface area contributed by atoms with Gasteiger partial charge in [-0.2, -0.15) is 0 Å². The molecule has 31 heavy (non-hydrogen) atoms. The maximum Gasteiger partial charge on any atom is 0.240 e. The Kier molecular flexibility index (Phi) is 3.68. The topological polar surface area (TPSA) is 102 Å². The van der Waals surface area contributed by atoms with Gasteiger partial charge in [-0.15, -0.1) is 0 Å². The Bertz CT molecular complexity index is 1180. The smallest absolute Gasteiger partial charge is 0.240 e. The SMILES string of the molecule is NC(=O)[C@H]1[C@H]2C(=O)N(c3ccc4c(c3)OCCO4)C(=O)[C@@H]2[C@@H]2c3ccccc3C=CN12. The molecule has 0 unspecified atom stereocenters. The summed E-state index contributed by atoms with van der Waals surface area (Å²) in [5.41, 5.74) is 8.01. The summed E-state index contributed by atoms with van der Waals surface area (Å²) in [4.78, 5) is 42.5. The summed E-state index contributed by atoms with van der Waals surface area (Å²) in [7, 11) is 0. The number of ether oxygens (including phenoxy) is 2. The molecule has 4 atom stereocenters. The van der Waals surface area contributed by atoms with Crippen molar-refractivity contribution in [3.8, 4) is 11.5 Å². The van der Waals surface area contributed by atoms with Gasteiger partial charge in [-0.1, -0.05) is 24.3 Å². The van der Waals surface area contributed by atoms with Crippen LogP contribution in [0.3, 0.4) is 0 Å². The first-order chi connectivity index (χ1) is 15.1. The second-order valence-corrected chi connectivity index (χ2v) is 8.08. The molecule has 2 aromatic rings. The highest BCUT2D eigenvalue weighted by atomic mass is 16.6. The number of carbonyl (C=O) groups is 3. The van der Waals surface area contributed by atoms with Gasteiger partial charge in [0, 0.05) is 12.3 Å². The van der Waals surface area contributed by atoms with E-state index in [0.29, 0.717) is 30.4 Å². The number of hydrogen-bond acceptors (Lipinski definition) is 6. The second-order valence-electron chi connectivity index (χ2n) is 8.08. The highest BCUT2D eigenvalue weighted by molar-refractivity contribution is 6.24. The van der Waals surface area contributed by atoms with Crippen LogP contribution in [0.25, 0.3) is 6.08 Å². The Hall–Kier alpha value is -3.81. The molecule has 8 nitrogen and oxygen atoms in total. The van der Waals surface area contributed by atoms with Crippen molar-refractivity contribution in [3.63, 3.8) is 0 Å². The van der Waals surface area contributed by atoms with Gasteiger partial charge in [-0.05, 0) is 29.3 Å². The van der Waals surface area contributed by atoms with E-state index in [4.69, 9.17) is 15.2 Å². The molecule has 6 rings (SSSR count). The predicted octanol–water partition coefficient (Wildman–Crippen LogP) is 1.46. The molecule has 0 radical (unpaired) electrons. The van der Waals surface area contributed by atoms with Crippen molar-refractivity contribution >= 4 is 29.5 Å². The molecule has 2 saturated heterocycles. The van der Waals surface area contributed by atoms with E-state index in [1.165, 1.54) is 4.90 Å². The van der Waals surface area contributed by atoms with Crippen LogP contribution in [-0.4, -0.2) is 41.9 Å². The molecular weight excluding hydrogens is 398 g/mol. The highest BCUT2D eigenvalue weighted by Crippen LogP contribution is 2.53. The summed E-state index contributed by atoms with van der Waals surface area (Å²) < 4.78 is 11.2. The van der Waals surface area contributed by atoms with Crippen molar-refractivity contribution < 1.29 is 23.9 Å². The quantitative estimate of drug-likeness (QED) is 0.743. The number of fused-ring (bicyclic) bond motifs is 6.